The van der Waals surface area contributed by atoms with Crippen LogP contribution in [0.15, 0.2) is 34.9 Å². The van der Waals surface area contributed by atoms with E-state index in [-0.39, 0.29) is 12.4 Å². The van der Waals surface area contributed by atoms with Crippen LogP contribution in [0.4, 0.5) is 4.39 Å². The highest BCUT2D eigenvalue weighted by molar-refractivity contribution is 7.07. The highest BCUT2D eigenvalue weighted by Crippen LogP contribution is 2.23. The summed E-state index contributed by atoms with van der Waals surface area (Å²) in [6.45, 7) is 1.60. The van der Waals surface area contributed by atoms with Crippen LogP contribution in [-0.4, -0.2) is 20.7 Å². The van der Waals surface area contributed by atoms with E-state index in [2.05, 4.69) is 14.7 Å². The number of aromatic nitrogens is 3. The van der Waals surface area contributed by atoms with Crippen LogP contribution in [0.1, 0.15) is 21.1 Å². The molecule has 3 rings (SSSR count). The molecule has 0 amide bonds. The summed E-state index contributed by atoms with van der Waals surface area (Å²) < 4.78 is 27.5. The predicted octanol–water partition coefficient (Wildman–Crippen LogP) is 3.00. The van der Waals surface area contributed by atoms with Crippen molar-refractivity contribution in [1.29, 1.82) is 0 Å². The average molecular weight is 319 g/mol. The van der Waals surface area contributed by atoms with Gasteiger partial charge in [-0.25, -0.2) is 9.18 Å². The van der Waals surface area contributed by atoms with Gasteiger partial charge < -0.3 is 9.26 Å². The summed E-state index contributed by atoms with van der Waals surface area (Å²) in [6, 6.07) is 7.72. The lowest BCUT2D eigenvalue weighted by atomic mass is 10.1. The first-order valence-electron chi connectivity index (χ1n) is 6.31. The Morgan fingerprint density at radius 3 is 2.95 bits per heavy atom. The zero-order valence-electron chi connectivity index (χ0n) is 11.4. The molecule has 8 heteroatoms. The molecule has 2 heterocycles. The number of halogens is 1. The summed E-state index contributed by atoms with van der Waals surface area (Å²) in [7, 11) is 0. The fourth-order valence-electron chi connectivity index (χ4n) is 1.79. The van der Waals surface area contributed by atoms with Crippen molar-refractivity contribution in [1.82, 2.24) is 14.7 Å². The number of nitrogens with zero attached hydrogens (tertiary/aromatic N) is 3. The maximum atomic E-state index is 13.6. The van der Waals surface area contributed by atoms with Gasteiger partial charge >= 0.3 is 5.97 Å². The average Bonchev–Trinajstić information content (AvgIpc) is 3.14. The van der Waals surface area contributed by atoms with Crippen molar-refractivity contribution in [2.75, 3.05) is 0 Å². The van der Waals surface area contributed by atoms with Crippen LogP contribution < -0.4 is 0 Å². The van der Waals surface area contributed by atoms with E-state index in [9.17, 15) is 9.18 Å². The summed E-state index contributed by atoms with van der Waals surface area (Å²) in [6.07, 6.45) is 0. The van der Waals surface area contributed by atoms with E-state index in [1.54, 1.807) is 25.1 Å². The van der Waals surface area contributed by atoms with Gasteiger partial charge in [-0.2, -0.15) is 0 Å². The van der Waals surface area contributed by atoms with E-state index in [1.165, 1.54) is 12.1 Å². The molecule has 0 aliphatic rings. The number of ether oxygens (including phenoxy) is 1. The minimum atomic E-state index is -0.525. The van der Waals surface area contributed by atoms with Gasteiger partial charge in [-0.15, -0.1) is 5.10 Å². The van der Waals surface area contributed by atoms with Gasteiger partial charge in [0.05, 0.1) is 11.3 Å². The first kappa shape index (κ1) is 14.3. The standard InChI is InChI=1S/C14H10FN3O3S/c1-8-13(22-18-16-8)14(19)20-7-9-6-12(21-17-9)10-4-2-3-5-11(10)15/h2-6H,7H2,1H3. The van der Waals surface area contributed by atoms with Crippen molar-refractivity contribution in [2.45, 2.75) is 13.5 Å². The van der Waals surface area contributed by atoms with E-state index in [4.69, 9.17) is 9.26 Å². The third-order valence-corrected chi connectivity index (χ3v) is 3.69. The second-order valence-electron chi connectivity index (χ2n) is 4.43. The molecule has 2 aromatic heterocycles. The van der Waals surface area contributed by atoms with Gasteiger partial charge in [-0.1, -0.05) is 21.8 Å². The monoisotopic (exact) mass is 319 g/mol. The molecule has 0 saturated carbocycles. The van der Waals surface area contributed by atoms with E-state index in [0.717, 1.165) is 11.5 Å². The van der Waals surface area contributed by atoms with Crippen LogP contribution in [-0.2, 0) is 11.3 Å². The maximum absolute atomic E-state index is 13.6. The topological polar surface area (TPSA) is 78.1 Å². The second-order valence-corrected chi connectivity index (χ2v) is 5.18. The van der Waals surface area contributed by atoms with Crippen LogP contribution in [0.2, 0.25) is 0 Å². The Hall–Kier alpha value is -2.61. The molecule has 0 atom stereocenters. The number of aryl methyl sites for hydroxylation is 1. The molecule has 3 aromatic rings. The van der Waals surface area contributed by atoms with E-state index < -0.39 is 11.8 Å². The molecule has 112 valence electrons. The van der Waals surface area contributed by atoms with E-state index >= 15 is 0 Å². The summed E-state index contributed by atoms with van der Waals surface area (Å²) in [4.78, 5) is 12.2. The van der Waals surface area contributed by atoms with Gasteiger partial charge in [0, 0.05) is 6.07 Å². The summed E-state index contributed by atoms with van der Waals surface area (Å²) >= 11 is 0.968. The third kappa shape index (κ3) is 2.86. The molecule has 0 saturated heterocycles. The van der Waals surface area contributed by atoms with Crippen molar-refractivity contribution in [3.8, 4) is 11.3 Å². The number of carbonyl (C=O) groups excluding carboxylic acids is 1. The van der Waals surface area contributed by atoms with Gasteiger partial charge in [-0.05, 0) is 30.6 Å². The molecular formula is C14H10FN3O3S. The molecule has 0 aliphatic carbocycles. The molecule has 0 aliphatic heterocycles. The highest BCUT2D eigenvalue weighted by atomic mass is 32.1. The fraction of sp³-hybridized carbons (Fsp3) is 0.143. The Bertz CT molecular complexity index is 815. The number of carbonyl (C=O) groups is 1. The number of rotatable bonds is 4. The van der Waals surface area contributed by atoms with Crippen molar-refractivity contribution < 1.29 is 18.4 Å². The molecule has 0 radical (unpaired) electrons. The van der Waals surface area contributed by atoms with Crippen molar-refractivity contribution in [3.05, 3.63) is 52.4 Å². The lowest BCUT2D eigenvalue weighted by Gasteiger charge is -1.99. The van der Waals surface area contributed by atoms with Crippen LogP contribution in [0.5, 0.6) is 0 Å². The number of benzene rings is 1. The quantitative estimate of drug-likeness (QED) is 0.688. The van der Waals surface area contributed by atoms with Crippen molar-refractivity contribution >= 4 is 17.5 Å². The molecule has 0 bridgehead atoms. The Labute approximate surface area is 128 Å². The van der Waals surface area contributed by atoms with Crippen LogP contribution in [0.25, 0.3) is 11.3 Å². The molecule has 0 N–H and O–H groups in total. The Morgan fingerprint density at radius 1 is 1.41 bits per heavy atom. The third-order valence-electron chi connectivity index (χ3n) is 2.89. The first-order chi connectivity index (χ1) is 10.6. The minimum Gasteiger partial charge on any atom is -0.455 e. The number of esters is 1. The molecule has 0 fully saturated rings. The first-order valence-corrected chi connectivity index (χ1v) is 7.09. The SMILES string of the molecule is Cc1nnsc1C(=O)OCc1cc(-c2ccccc2F)on1. The molecule has 6 nitrogen and oxygen atoms in total. The molecular weight excluding hydrogens is 309 g/mol. The zero-order chi connectivity index (χ0) is 15.5. The Morgan fingerprint density at radius 2 is 2.23 bits per heavy atom. The van der Waals surface area contributed by atoms with Crippen LogP contribution >= 0.6 is 11.5 Å². The predicted molar refractivity (Wildman–Crippen MR) is 75.7 cm³/mol. The molecule has 0 spiro atoms. The smallest absolute Gasteiger partial charge is 0.352 e. The van der Waals surface area contributed by atoms with Crippen LogP contribution in [0, 0.1) is 12.7 Å². The fourth-order valence-corrected chi connectivity index (χ4v) is 2.34. The van der Waals surface area contributed by atoms with Gasteiger partial charge in [0.1, 0.15) is 18.1 Å². The Balaban J connectivity index is 1.69. The summed E-state index contributed by atoms with van der Waals surface area (Å²) in [5.74, 6) is -0.656. The maximum Gasteiger partial charge on any atom is 0.352 e. The molecule has 0 unspecified atom stereocenters. The van der Waals surface area contributed by atoms with Crippen LogP contribution in [0.3, 0.4) is 0 Å². The Kier molecular flexibility index (Phi) is 3.92. The van der Waals surface area contributed by atoms with Gasteiger partial charge in [0.25, 0.3) is 0 Å². The van der Waals surface area contributed by atoms with Crippen molar-refractivity contribution in [2.24, 2.45) is 0 Å². The van der Waals surface area contributed by atoms with Gasteiger partial charge in [0.2, 0.25) is 0 Å². The minimum absolute atomic E-state index is 0.0753. The normalized spacial score (nSPS) is 10.6. The summed E-state index contributed by atoms with van der Waals surface area (Å²) in [5, 5.41) is 7.50. The van der Waals surface area contributed by atoms with Crippen molar-refractivity contribution in [3.63, 3.8) is 0 Å². The molecule has 22 heavy (non-hydrogen) atoms. The largest absolute Gasteiger partial charge is 0.455 e. The van der Waals surface area contributed by atoms with E-state index in [0.29, 0.717) is 21.8 Å². The summed E-state index contributed by atoms with van der Waals surface area (Å²) in [5.41, 5.74) is 1.21. The number of hydrogen-bond acceptors (Lipinski definition) is 7. The second kappa shape index (κ2) is 6.02. The molecule has 1 aromatic carbocycles. The zero-order valence-corrected chi connectivity index (χ0v) is 12.3. The lowest BCUT2D eigenvalue weighted by Crippen LogP contribution is -2.05. The van der Waals surface area contributed by atoms with Gasteiger partial charge in [-0.3, -0.25) is 0 Å². The highest BCUT2D eigenvalue weighted by Gasteiger charge is 2.16. The lowest BCUT2D eigenvalue weighted by molar-refractivity contribution is 0.0469. The van der Waals surface area contributed by atoms with Gasteiger partial charge in [0.15, 0.2) is 10.6 Å². The van der Waals surface area contributed by atoms with E-state index in [1.807, 2.05) is 0 Å². The number of hydrogen-bond donors (Lipinski definition) is 0.